The Balaban J connectivity index is 4.57. The normalized spacial score (nSPS) is 18.1. The van der Waals surface area contributed by atoms with Crippen LogP contribution in [0.2, 0.25) is 19.6 Å². The lowest BCUT2D eigenvalue weighted by atomic mass is 10.5. The summed E-state index contributed by atoms with van der Waals surface area (Å²) in [6.07, 6.45) is 0. The zero-order valence-electron chi connectivity index (χ0n) is 6.69. The second-order valence-electron chi connectivity index (χ2n) is 3.54. The number of halogens is 1. The van der Waals surface area contributed by atoms with Gasteiger partial charge in [0.05, 0.1) is 18.0 Å². The Labute approximate surface area is 70.8 Å². The van der Waals surface area contributed by atoms with Gasteiger partial charge in [-0.05, 0) is 6.92 Å². The van der Waals surface area contributed by atoms with Gasteiger partial charge in [0.25, 0.3) is 0 Å². The van der Waals surface area contributed by atoms with Gasteiger partial charge in [0.15, 0.2) is 0 Å². The first-order valence-electron chi connectivity index (χ1n) is 3.10. The van der Waals surface area contributed by atoms with Gasteiger partial charge in [-0.2, -0.15) is 0 Å². The first-order valence-corrected chi connectivity index (χ1v) is 7.39. The minimum Gasteiger partial charge on any atom is -0.549 e. The molecule has 1 unspecified atom stereocenters. The number of hydrogen-bond donors (Lipinski definition) is 0. The predicted octanol–water partition coefficient (Wildman–Crippen LogP) is 0.767. The summed E-state index contributed by atoms with van der Waals surface area (Å²) >= 11 is 3.17. The van der Waals surface area contributed by atoms with E-state index in [1.165, 1.54) is 0 Å². The van der Waals surface area contributed by atoms with Crippen molar-refractivity contribution in [3.63, 3.8) is 0 Å². The Hall–Kier alpha value is 0.167. The van der Waals surface area contributed by atoms with Gasteiger partial charge in [-0.3, -0.25) is 0 Å². The minimum atomic E-state index is -1.69. The lowest BCUT2D eigenvalue weighted by molar-refractivity contribution is -0.306. The van der Waals surface area contributed by atoms with E-state index in [2.05, 4.69) is 15.9 Å². The van der Waals surface area contributed by atoms with E-state index in [1.807, 2.05) is 19.6 Å². The molecule has 0 aromatic rings. The SMILES string of the molecule is CC(Br)(C(=O)[O-])[Si](C)(C)C. The van der Waals surface area contributed by atoms with Gasteiger partial charge in [0.2, 0.25) is 0 Å². The van der Waals surface area contributed by atoms with E-state index < -0.39 is 18.0 Å². The molecular weight excluding hydrogens is 212 g/mol. The molecule has 0 aromatic carbocycles. The van der Waals surface area contributed by atoms with Crippen LogP contribution in [0.4, 0.5) is 0 Å². The van der Waals surface area contributed by atoms with Gasteiger partial charge in [0.1, 0.15) is 0 Å². The lowest BCUT2D eigenvalue weighted by Gasteiger charge is -2.35. The maximum absolute atomic E-state index is 10.5. The maximum Gasteiger partial charge on any atom is 0.0702 e. The van der Waals surface area contributed by atoms with Gasteiger partial charge < -0.3 is 9.90 Å². The fourth-order valence-corrected chi connectivity index (χ4v) is 0.919. The second-order valence-corrected chi connectivity index (χ2v) is 11.4. The molecule has 60 valence electrons. The highest BCUT2D eigenvalue weighted by atomic mass is 79.9. The van der Waals surface area contributed by atoms with Crippen LogP contribution in [0, 0.1) is 0 Å². The number of carbonyl (C=O) groups is 1. The number of aliphatic carboxylic acids is 1. The highest BCUT2D eigenvalue weighted by molar-refractivity contribution is 9.11. The molecule has 0 N–H and O–H groups in total. The van der Waals surface area contributed by atoms with Crippen LogP contribution in [0.3, 0.4) is 0 Å². The molecular formula is C6H12BrO2Si-. The van der Waals surface area contributed by atoms with Crippen LogP contribution >= 0.6 is 15.9 Å². The van der Waals surface area contributed by atoms with Crippen molar-refractivity contribution >= 4 is 30.0 Å². The standard InChI is InChI=1S/C6H13BrO2Si/c1-6(7,5(8)9)10(2,3)4/h1-4H3,(H,8,9)/p-1. The summed E-state index contributed by atoms with van der Waals surface area (Å²) in [5.74, 6) is -1.01. The molecule has 0 aromatic heterocycles. The van der Waals surface area contributed by atoms with Crippen LogP contribution in [-0.4, -0.2) is 18.0 Å². The number of rotatable bonds is 2. The monoisotopic (exact) mass is 223 g/mol. The fourth-order valence-electron chi connectivity index (χ4n) is 0.306. The number of carboxylic acid groups (broad SMARTS) is 1. The third-order valence-corrected chi connectivity index (χ3v) is 8.71. The van der Waals surface area contributed by atoms with Crippen molar-refractivity contribution in [2.75, 3.05) is 0 Å². The summed E-state index contributed by atoms with van der Waals surface area (Å²) in [7, 11) is -1.69. The average molecular weight is 224 g/mol. The number of carboxylic acids is 1. The van der Waals surface area contributed by atoms with Crippen molar-refractivity contribution in [2.45, 2.75) is 30.5 Å². The Morgan fingerprint density at radius 2 is 1.80 bits per heavy atom. The van der Waals surface area contributed by atoms with Gasteiger partial charge in [0, 0.05) is 0 Å². The van der Waals surface area contributed by atoms with Crippen molar-refractivity contribution in [3.8, 4) is 0 Å². The molecule has 0 aliphatic rings. The Morgan fingerprint density at radius 3 is 1.80 bits per heavy atom. The molecule has 2 nitrogen and oxygen atoms in total. The second kappa shape index (κ2) is 2.66. The van der Waals surface area contributed by atoms with E-state index in [0.717, 1.165) is 0 Å². The Kier molecular flexibility index (Phi) is 2.70. The van der Waals surface area contributed by atoms with Gasteiger partial charge in [-0.15, -0.1) is 0 Å². The summed E-state index contributed by atoms with van der Waals surface area (Å²) in [4.78, 5) is 10.5. The van der Waals surface area contributed by atoms with Crippen LogP contribution in [-0.2, 0) is 4.79 Å². The van der Waals surface area contributed by atoms with Crippen LogP contribution in [0.1, 0.15) is 6.92 Å². The summed E-state index contributed by atoms with van der Waals surface area (Å²) in [6, 6.07) is 0. The average Bonchev–Trinajstić information content (AvgIpc) is 1.62. The maximum atomic E-state index is 10.5. The molecule has 0 aliphatic heterocycles. The van der Waals surface area contributed by atoms with E-state index >= 15 is 0 Å². The zero-order chi connectivity index (χ0) is 8.58. The molecule has 0 amide bonds. The highest BCUT2D eigenvalue weighted by Gasteiger charge is 2.37. The number of hydrogen-bond acceptors (Lipinski definition) is 2. The molecule has 0 heterocycles. The lowest BCUT2D eigenvalue weighted by Crippen LogP contribution is -2.56. The molecule has 0 rings (SSSR count). The molecule has 0 aliphatic carbocycles. The zero-order valence-corrected chi connectivity index (χ0v) is 9.28. The molecule has 0 spiro atoms. The first-order chi connectivity index (χ1) is 4.19. The number of carbonyl (C=O) groups excluding carboxylic acids is 1. The molecule has 0 saturated carbocycles. The predicted molar refractivity (Wildman–Crippen MR) is 45.7 cm³/mol. The van der Waals surface area contributed by atoms with E-state index in [1.54, 1.807) is 6.92 Å². The molecule has 10 heavy (non-hydrogen) atoms. The highest BCUT2D eigenvalue weighted by Crippen LogP contribution is 2.28. The summed E-state index contributed by atoms with van der Waals surface area (Å²) in [5, 5.41) is 10.5. The quantitative estimate of drug-likeness (QED) is 0.513. The van der Waals surface area contributed by atoms with Crippen LogP contribution in [0.15, 0.2) is 0 Å². The van der Waals surface area contributed by atoms with Crippen molar-refractivity contribution in [1.29, 1.82) is 0 Å². The smallest absolute Gasteiger partial charge is 0.0702 e. The Morgan fingerprint density at radius 1 is 1.50 bits per heavy atom. The first kappa shape index (κ1) is 10.2. The third kappa shape index (κ3) is 1.82. The summed E-state index contributed by atoms with van der Waals surface area (Å²) in [5.41, 5.74) is 0. The van der Waals surface area contributed by atoms with Crippen LogP contribution in [0.25, 0.3) is 0 Å². The van der Waals surface area contributed by atoms with Gasteiger partial charge >= 0.3 is 0 Å². The molecule has 4 heteroatoms. The molecule has 0 bridgehead atoms. The molecule has 0 radical (unpaired) electrons. The van der Waals surface area contributed by atoms with Gasteiger partial charge in [-0.1, -0.05) is 35.6 Å². The largest absolute Gasteiger partial charge is 0.549 e. The van der Waals surface area contributed by atoms with Crippen molar-refractivity contribution in [3.05, 3.63) is 0 Å². The fraction of sp³-hybridized carbons (Fsp3) is 0.833. The topological polar surface area (TPSA) is 40.1 Å². The van der Waals surface area contributed by atoms with E-state index in [4.69, 9.17) is 0 Å². The van der Waals surface area contributed by atoms with Crippen LogP contribution in [0.5, 0.6) is 0 Å². The molecule has 0 saturated heterocycles. The third-order valence-electron chi connectivity index (χ3n) is 1.79. The van der Waals surface area contributed by atoms with Crippen molar-refractivity contribution in [2.24, 2.45) is 0 Å². The minimum absolute atomic E-state index is 0.806. The summed E-state index contributed by atoms with van der Waals surface area (Å²) < 4.78 is -0.806. The molecule has 1 atom stereocenters. The van der Waals surface area contributed by atoms with E-state index in [-0.39, 0.29) is 0 Å². The summed E-state index contributed by atoms with van der Waals surface area (Å²) in [6.45, 7) is 7.61. The number of alkyl halides is 1. The Bertz CT molecular complexity index is 148. The molecule has 0 fully saturated rings. The van der Waals surface area contributed by atoms with Crippen LogP contribution < -0.4 is 5.11 Å². The van der Waals surface area contributed by atoms with Gasteiger partial charge in [-0.25, -0.2) is 0 Å². The van der Waals surface area contributed by atoms with E-state index in [9.17, 15) is 9.90 Å². The van der Waals surface area contributed by atoms with Crippen molar-refractivity contribution in [1.82, 2.24) is 0 Å². The van der Waals surface area contributed by atoms with E-state index in [0.29, 0.717) is 0 Å². The van der Waals surface area contributed by atoms with Crippen molar-refractivity contribution < 1.29 is 9.90 Å².